The molecule has 1 atom stereocenters. The Bertz CT molecular complexity index is 926. The number of benzene rings is 2. The first-order chi connectivity index (χ1) is 13.0. The van der Waals surface area contributed by atoms with Gasteiger partial charge in [-0.05, 0) is 37.0 Å². The zero-order chi connectivity index (χ0) is 19.3. The van der Waals surface area contributed by atoms with Crippen LogP contribution in [0.25, 0.3) is 0 Å². The van der Waals surface area contributed by atoms with Gasteiger partial charge in [-0.25, -0.2) is 13.8 Å². The van der Waals surface area contributed by atoms with Crippen LogP contribution in [-0.4, -0.2) is 37.9 Å². The maximum atomic E-state index is 12.9. The number of carbonyl (C=O) groups is 1. The van der Waals surface area contributed by atoms with E-state index in [1.807, 2.05) is 36.4 Å². The lowest BCUT2D eigenvalue weighted by Gasteiger charge is -2.31. The van der Waals surface area contributed by atoms with Crippen molar-refractivity contribution in [2.45, 2.75) is 24.7 Å². The minimum Gasteiger partial charge on any atom is -0.273 e. The number of aryl methyl sites for hydroxylation is 1. The first-order valence-electron chi connectivity index (χ1n) is 8.92. The first kappa shape index (κ1) is 19.3. The van der Waals surface area contributed by atoms with Crippen LogP contribution in [0.2, 0.25) is 0 Å². The molecule has 0 saturated carbocycles. The molecule has 2 aromatic rings. The first-order valence-corrected chi connectivity index (χ1v) is 10.4. The van der Waals surface area contributed by atoms with Crippen molar-refractivity contribution in [3.63, 3.8) is 0 Å². The summed E-state index contributed by atoms with van der Waals surface area (Å²) in [5.74, 6) is -0.669. The minimum absolute atomic E-state index is 0.170. The number of amides is 1. The van der Waals surface area contributed by atoms with Gasteiger partial charge in [0.25, 0.3) is 0 Å². The molecule has 1 aliphatic rings. The van der Waals surface area contributed by atoms with Crippen molar-refractivity contribution in [1.29, 1.82) is 0 Å². The fourth-order valence-corrected chi connectivity index (χ4v) is 4.91. The van der Waals surface area contributed by atoms with Crippen molar-refractivity contribution < 1.29 is 13.2 Å². The summed E-state index contributed by atoms with van der Waals surface area (Å²) in [7, 11) is -3.61. The largest absolute Gasteiger partial charge is 0.273 e. The summed E-state index contributed by atoms with van der Waals surface area (Å²) in [6.45, 7) is 2.37. The Morgan fingerprint density at radius 3 is 2.59 bits per heavy atom. The molecule has 3 rings (SSSR count). The van der Waals surface area contributed by atoms with Crippen LogP contribution in [0.4, 0.5) is 0 Å². The molecule has 0 radical (unpaired) electrons. The number of sulfonamides is 1. The molecule has 1 N–H and O–H groups in total. The molecule has 0 aliphatic carbocycles. The monoisotopic (exact) mass is 385 g/mol. The molecule has 7 heteroatoms. The Morgan fingerprint density at radius 1 is 1.15 bits per heavy atom. The maximum Gasteiger partial charge on any atom is 0.244 e. The van der Waals surface area contributed by atoms with Crippen molar-refractivity contribution in [3.05, 3.63) is 65.7 Å². The molecule has 142 valence electrons. The lowest BCUT2D eigenvalue weighted by molar-refractivity contribution is -0.126. The Kier molecular flexibility index (Phi) is 6.03. The highest BCUT2D eigenvalue weighted by Crippen LogP contribution is 2.25. The molecule has 1 saturated heterocycles. The van der Waals surface area contributed by atoms with Crippen LogP contribution in [0, 0.1) is 12.8 Å². The van der Waals surface area contributed by atoms with Gasteiger partial charge in [-0.2, -0.15) is 9.41 Å². The van der Waals surface area contributed by atoms with E-state index in [1.165, 1.54) is 4.31 Å². The van der Waals surface area contributed by atoms with Crippen LogP contribution in [-0.2, 0) is 14.8 Å². The fourth-order valence-electron chi connectivity index (χ4n) is 3.16. The lowest BCUT2D eigenvalue weighted by Crippen LogP contribution is -2.44. The zero-order valence-corrected chi connectivity index (χ0v) is 16.0. The number of carbonyl (C=O) groups excluding carboxylic acids is 1. The van der Waals surface area contributed by atoms with Crippen molar-refractivity contribution in [3.8, 4) is 0 Å². The van der Waals surface area contributed by atoms with Crippen molar-refractivity contribution >= 4 is 22.1 Å². The summed E-state index contributed by atoms with van der Waals surface area (Å²) in [5, 5.41) is 3.98. The Morgan fingerprint density at radius 2 is 1.85 bits per heavy atom. The second kappa shape index (κ2) is 8.45. The number of nitrogens with one attached hydrogen (secondary N) is 1. The molecule has 0 unspecified atom stereocenters. The van der Waals surface area contributed by atoms with E-state index in [-0.39, 0.29) is 12.5 Å². The van der Waals surface area contributed by atoms with Gasteiger partial charge in [0.2, 0.25) is 15.9 Å². The highest BCUT2D eigenvalue weighted by atomic mass is 32.2. The molecule has 6 nitrogen and oxygen atoms in total. The van der Waals surface area contributed by atoms with E-state index in [9.17, 15) is 13.2 Å². The van der Waals surface area contributed by atoms with E-state index in [4.69, 9.17) is 0 Å². The minimum atomic E-state index is -3.61. The number of hydrazone groups is 1. The molecular weight excluding hydrogens is 362 g/mol. The second-order valence-electron chi connectivity index (χ2n) is 6.61. The average molecular weight is 385 g/mol. The summed E-state index contributed by atoms with van der Waals surface area (Å²) in [6.07, 6.45) is 2.86. The van der Waals surface area contributed by atoms with Crippen LogP contribution in [0.1, 0.15) is 24.0 Å². The number of hydrogen-bond acceptors (Lipinski definition) is 4. The summed E-state index contributed by atoms with van der Waals surface area (Å²) < 4.78 is 27.3. The van der Waals surface area contributed by atoms with E-state index in [0.717, 1.165) is 5.56 Å². The van der Waals surface area contributed by atoms with E-state index in [0.29, 0.717) is 29.8 Å². The average Bonchev–Trinajstić information content (AvgIpc) is 2.69. The molecule has 0 spiro atoms. The summed E-state index contributed by atoms with van der Waals surface area (Å²) in [6, 6.07) is 16.4. The maximum absolute atomic E-state index is 12.9. The standard InChI is InChI=1S/C20H23N3O3S/c1-16-8-5-6-12-19(16)27(25,26)23-13-7-11-18(15-23)20(24)22-21-14-17-9-3-2-4-10-17/h2-6,8-10,12,14,18H,7,11,13,15H2,1H3,(H,22,24)/b21-14-/t18-/m0/s1. The molecule has 0 bridgehead atoms. The van der Waals surface area contributed by atoms with Crippen LogP contribution in [0.5, 0.6) is 0 Å². The number of piperidine rings is 1. The quantitative estimate of drug-likeness (QED) is 0.635. The predicted molar refractivity (Wildman–Crippen MR) is 105 cm³/mol. The van der Waals surface area contributed by atoms with Gasteiger partial charge in [0, 0.05) is 13.1 Å². The molecule has 0 aromatic heterocycles. The van der Waals surface area contributed by atoms with Gasteiger partial charge in [-0.15, -0.1) is 0 Å². The van der Waals surface area contributed by atoms with E-state index in [2.05, 4.69) is 10.5 Å². The Labute approximate surface area is 159 Å². The second-order valence-corrected chi connectivity index (χ2v) is 8.52. The highest BCUT2D eigenvalue weighted by Gasteiger charge is 2.33. The topological polar surface area (TPSA) is 78.8 Å². The normalized spacial score (nSPS) is 18.5. The van der Waals surface area contributed by atoms with Gasteiger partial charge >= 0.3 is 0 Å². The molecule has 1 aliphatic heterocycles. The smallest absolute Gasteiger partial charge is 0.244 e. The van der Waals surface area contributed by atoms with Gasteiger partial charge < -0.3 is 0 Å². The van der Waals surface area contributed by atoms with Crippen LogP contribution >= 0.6 is 0 Å². The molecule has 2 aromatic carbocycles. The Balaban J connectivity index is 1.66. The predicted octanol–water partition coefficient (Wildman–Crippen LogP) is 2.55. The summed E-state index contributed by atoms with van der Waals surface area (Å²) in [5.41, 5.74) is 4.12. The third-order valence-corrected chi connectivity index (χ3v) is 6.68. The number of hydrogen-bond donors (Lipinski definition) is 1. The van der Waals surface area contributed by atoms with Gasteiger partial charge in [0.15, 0.2) is 0 Å². The molecule has 1 fully saturated rings. The molecule has 1 heterocycles. The molecule has 27 heavy (non-hydrogen) atoms. The van der Waals surface area contributed by atoms with Crippen molar-refractivity contribution in [1.82, 2.24) is 9.73 Å². The molecule has 1 amide bonds. The third-order valence-electron chi connectivity index (χ3n) is 4.65. The van der Waals surface area contributed by atoms with E-state index < -0.39 is 15.9 Å². The highest BCUT2D eigenvalue weighted by molar-refractivity contribution is 7.89. The number of nitrogens with zero attached hydrogens (tertiary/aromatic N) is 2. The van der Waals surface area contributed by atoms with Gasteiger partial charge in [0.05, 0.1) is 17.0 Å². The fraction of sp³-hybridized carbons (Fsp3) is 0.300. The van der Waals surface area contributed by atoms with Crippen LogP contribution in [0.15, 0.2) is 64.6 Å². The Hall–Kier alpha value is -2.51. The van der Waals surface area contributed by atoms with Crippen molar-refractivity contribution in [2.24, 2.45) is 11.0 Å². The summed E-state index contributed by atoms with van der Waals surface area (Å²) >= 11 is 0. The van der Waals surface area contributed by atoms with Gasteiger partial charge in [0.1, 0.15) is 0 Å². The summed E-state index contributed by atoms with van der Waals surface area (Å²) in [4.78, 5) is 12.7. The SMILES string of the molecule is Cc1ccccc1S(=O)(=O)N1CCC[C@H](C(=O)N/N=C\c2ccccc2)C1. The van der Waals surface area contributed by atoms with E-state index in [1.54, 1.807) is 31.3 Å². The number of rotatable bonds is 5. The van der Waals surface area contributed by atoms with Crippen molar-refractivity contribution in [2.75, 3.05) is 13.1 Å². The lowest BCUT2D eigenvalue weighted by atomic mass is 9.99. The van der Waals surface area contributed by atoms with Crippen LogP contribution < -0.4 is 5.43 Å². The van der Waals surface area contributed by atoms with Gasteiger partial charge in [-0.1, -0.05) is 48.5 Å². The zero-order valence-electron chi connectivity index (χ0n) is 15.2. The van der Waals surface area contributed by atoms with Gasteiger partial charge in [-0.3, -0.25) is 4.79 Å². The third kappa shape index (κ3) is 4.61. The molecular formula is C20H23N3O3S. The van der Waals surface area contributed by atoms with Crippen LogP contribution in [0.3, 0.4) is 0 Å². The van der Waals surface area contributed by atoms with E-state index >= 15 is 0 Å².